The van der Waals surface area contributed by atoms with E-state index in [1.807, 2.05) is 6.08 Å². The third kappa shape index (κ3) is 26.5. The zero-order chi connectivity index (χ0) is 27.9. The van der Waals surface area contributed by atoms with Crippen molar-refractivity contribution in [2.24, 2.45) is 0 Å². The van der Waals surface area contributed by atoms with Crippen LogP contribution in [0.2, 0.25) is 0 Å². The second kappa shape index (κ2) is 30.4. The molecule has 0 radical (unpaired) electrons. The van der Waals surface area contributed by atoms with Crippen molar-refractivity contribution in [3.05, 3.63) is 24.3 Å². The number of allylic oxidation sites excluding steroid dienone is 3. The van der Waals surface area contributed by atoms with Gasteiger partial charge in [0.1, 0.15) is 0 Å². The summed E-state index contributed by atoms with van der Waals surface area (Å²) in [6, 6.07) is -0.620. The van der Waals surface area contributed by atoms with Gasteiger partial charge < -0.3 is 15.5 Å². The minimum atomic E-state index is -0.837. The summed E-state index contributed by atoms with van der Waals surface area (Å²) in [5.74, 6) is -0.0759. The van der Waals surface area contributed by atoms with E-state index in [4.69, 9.17) is 0 Å². The van der Waals surface area contributed by atoms with Gasteiger partial charge in [-0.2, -0.15) is 0 Å². The van der Waals surface area contributed by atoms with Crippen molar-refractivity contribution in [3.63, 3.8) is 0 Å². The van der Waals surface area contributed by atoms with E-state index in [9.17, 15) is 15.0 Å². The zero-order valence-corrected chi connectivity index (χ0v) is 25.4. The molecule has 0 aromatic heterocycles. The highest BCUT2D eigenvalue weighted by molar-refractivity contribution is 5.76. The van der Waals surface area contributed by atoms with Crippen molar-refractivity contribution in [2.75, 3.05) is 6.61 Å². The van der Waals surface area contributed by atoms with Gasteiger partial charge in [-0.3, -0.25) is 4.79 Å². The van der Waals surface area contributed by atoms with Crippen LogP contribution >= 0.6 is 0 Å². The molecule has 3 N–H and O–H groups in total. The van der Waals surface area contributed by atoms with Gasteiger partial charge in [0.05, 0.1) is 18.8 Å². The first-order valence-electron chi connectivity index (χ1n) is 16.6. The third-order valence-electron chi connectivity index (χ3n) is 7.43. The van der Waals surface area contributed by atoms with Crippen LogP contribution in [-0.2, 0) is 4.79 Å². The fraction of sp³-hybridized carbons (Fsp3) is 0.853. The molecule has 1 amide bonds. The Kier molecular flexibility index (Phi) is 29.5. The molecule has 0 aromatic rings. The lowest BCUT2D eigenvalue weighted by molar-refractivity contribution is -0.123. The summed E-state index contributed by atoms with van der Waals surface area (Å²) in [6.07, 6.45) is 36.7. The molecule has 0 rings (SSSR count). The van der Waals surface area contributed by atoms with Crippen LogP contribution in [0.15, 0.2) is 24.3 Å². The van der Waals surface area contributed by atoms with Gasteiger partial charge in [0, 0.05) is 6.42 Å². The van der Waals surface area contributed by atoms with Crippen LogP contribution in [0.1, 0.15) is 168 Å². The Morgan fingerprint density at radius 2 is 1.00 bits per heavy atom. The highest BCUT2D eigenvalue weighted by Crippen LogP contribution is 2.12. The maximum Gasteiger partial charge on any atom is 0.220 e. The van der Waals surface area contributed by atoms with Crippen molar-refractivity contribution in [2.45, 2.75) is 180 Å². The van der Waals surface area contributed by atoms with Gasteiger partial charge in [0.25, 0.3) is 0 Å². The van der Waals surface area contributed by atoms with E-state index in [0.29, 0.717) is 6.42 Å². The molecular formula is C34H65NO3. The first-order chi connectivity index (χ1) is 18.7. The van der Waals surface area contributed by atoms with E-state index in [1.54, 1.807) is 6.08 Å². The number of hydrogen-bond donors (Lipinski definition) is 3. The van der Waals surface area contributed by atoms with Crippen molar-refractivity contribution >= 4 is 5.91 Å². The molecule has 0 aliphatic heterocycles. The summed E-state index contributed by atoms with van der Waals surface area (Å²) in [6.45, 7) is 4.27. The number of carbonyl (C=O) groups is 1. The Labute approximate surface area is 237 Å². The Bertz CT molecular complexity index is 546. The standard InChI is InChI=1S/C34H65NO3/c1-3-5-7-9-11-13-15-17-18-20-22-24-26-28-30-34(38)35-32(31-36)33(37)29-27-25-23-21-19-16-14-12-10-8-6-4-2/h15,17,27,29,32-33,36-37H,3-14,16,18-26,28,30-31H2,1-2H3,(H,35,38)/b17-15-,29-27+. The lowest BCUT2D eigenvalue weighted by Crippen LogP contribution is -2.45. The molecule has 0 saturated heterocycles. The van der Waals surface area contributed by atoms with E-state index in [-0.39, 0.29) is 12.5 Å². The number of hydrogen-bond acceptors (Lipinski definition) is 3. The summed E-state index contributed by atoms with van der Waals surface area (Å²) >= 11 is 0. The zero-order valence-electron chi connectivity index (χ0n) is 25.4. The quantitative estimate of drug-likeness (QED) is 0.0660. The highest BCUT2D eigenvalue weighted by Gasteiger charge is 2.17. The summed E-state index contributed by atoms with van der Waals surface area (Å²) < 4.78 is 0. The van der Waals surface area contributed by atoms with Crippen LogP contribution in [-0.4, -0.2) is 34.9 Å². The molecule has 0 aliphatic carbocycles. The molecule has 0 aromatic carbocycles. The van der Waals surface area contributed by atoms with Crippen molar-refractivity contribution in [1.29, 1.82) is 0 Å². The topological polar surface area (TPSA) is 69.6 Å². The van der Waals surface area contributed by atoms with Crippen molar-refractivity contribution < 1.29 is 15.0 Å². The minimum Gasteiger partial charge on any atom is -0.394 e. The number of unbranched alkanes of at least 4 members (excludes halogenated alkanes) is 20. The van der Waals surface area contributed by atoms with Gasteiger partial charge in [-0.1, -0.05) is 141 Å². The third-order valence-corrected chi connectivity index (χ3v) is 7.43. The average Bonchev–Trinajstić information content (AvgIpc) is 2.92. The van der Waals surface area contributed by atoms with Crippen LogP contribution in [0, 0.1) is 0 Å². The molecule has 4 nitrogen and oxygen atoms in total. The molecule has 4 heteroatoms. The molecule has 0 bridgehead atoms. The SMILES string of the molecule is CCCCCCC/C=C\CCCCCCCC(=O)NC(CO)C(O)/C=C/CCCCCCCCCCCC. The number of amides is 1. The summed E-state index contributed by atoms with van der Waals surface area (Å²) in [7, 11) is 0. The Morgan fingerprint density at radius 3 is 1.45 bits per heavy atom. The number of carbonyl (C=O) groups excluding carboxylic acids is 1. The highest BCUT2D eigenvalue weighted by atomic mass is 16.3. The predicted octanol–water partition coefficient (Wildman–Crippen LogP) is 9.34. The van der Waals surface area contributed by atoms with Gasteiger partial charge in [-0.05, 0) is 44.9 Å². The predicted molar refractivity (Wildman–Crippen MR) is 165 cm³/mol. The molecule has 0 saturated carbocycles. The Hall–Kier alpha value is -1.13. The van der Waals surface area contributed by atoms with E-state index in [0.717, 1.165) is 38.5 Å². The van der Waals surface area contributed by atoms with Gasteiger partial charge >= 0.3 is 0 Å². The molecule has 2 atom stereocenters. The maximum absolute atomic E-state index is 12.2. The van der Waals surface area contributed by atoms with Gasteiger partial charge in [0.15, 0.2) is 0 Å². The Balaban J connectivity index is 3.68. The minimum absolute atomic E-state index is 0.0759. The maximum atomic E-state index is 12.2. The number of aliphatic hydroxyl groups excluding tert-OH is 2. The van der Waals surface area contributed by atoms with Crippen LogP contribution in [0.25, 0.3) is 0 Å². The molecule has 0 spiro atoms. The second-order valence-electron chi connectivity index (χ2n) is 11.2. The van der Waals surface area contributed by atoms with E-state index < -0.39 is 12.1 Å². The normalized spacial score (nSPS) is 13.5. The van der Waals surface area contributed by atoms with Crippen molar-refractivity contribution in [3.8, 4) is 0 Å². The van der Waals surface area contributed by atoms with Gasteiger partial charge in [0.2, 0.25) is 5.91 Å². The van der Waals surface area contributed by atoms with Crippen LogP contribution in [0.3, 0.4) is 0 Å². The van der Waals surface area contributed by atoms with Crippen LogP contribution < -0.4 is 5.32 Å². The fourth-order valence-electron chi connectivity index (χ4n) is 4.82. The lowest BCUT2D eigenvalue weighted by Gasteiger charge is -2.20. The van der Waals surface area contributed by atoms with E-state index in [1.165, 1.54) is 109 Å². The van der Waals surface area contributed by atoms with Crippen LogP contribution in [0.4, 0.5) is 0 Å². The molecule has 38 heavy (non-hydrogen) atoms. The molecule has 2 unspecified atom stereocenters. The number of aliphatic hydroxyl groups is 2. The van der Waals surface area contributed by atoms with E-state index >= 15 is 0 Å². The molecule has 0 aliphatic rings. The number of rotatable bonds is 29. The summed E-state index contributed by atoms with van der Waals surface area (Å²) in [5, 5.41) is 22.8. The summed E-state index contributed by atoms with van der Waals surface area (Å²) in [5.41, 5.74) is 0. The van der Waals surface area contributed by atoms with Gasteiger partial charge in [-0.25, -0.2) is 0 Å². The summed E-state index contributed by atoms with van der Waals surface area (Å²) in [4.78, 5) is 12.2. The molecule has 0 heterocycles. The average molecular weight is 536 g/mol. The lowest BCUT2D eigenvalue weighted by atomic mass is 10.1. The van der Waals surface area contributed by atoms with Crippen LogP contribution in [0.5, 0.6) is 0 Å². The smallest absolute Gasteiger partial charge is 0.220 e. The molecular weight excluding hydrogens is 470 g/mol. The van der Waals surface area contributed by atoms with Gasteiger partial charge in [-0.15, -0.1) is 0 Å². The number of nitrogens with one attached hydrogen (secondary N) is 1. The second-order valence-corrected chi connectivity index (χ2v) is 11.2. The molecule has 224 valence electrons. The largest absolute Gasteiger partial charge is 0.394 e. The monoisotopic (exact) mass is 535 g/mol. The first-order valence-corrected chi connectivity index (χ1v) is 16.6. The van der Waals surface area contributed by atoms with E-state index in [2.05, 4.69) is 31.3 Å². The van der Waals surface area contributed by atoms with Crippen molar-refractivity contribution in [1.82, 2.24) is 5.32 Å². The first kappa shape index (κ1) is 36.9. The Morgan fingerprint density at radius 1 is 0.605 bits per heavy atom. The molecule has 0 fully saturated rings. The fourth-order valence-corrected chi connectivity index (χ4v) is 4.82.